The van der Waals surface area contributed by atoms with Gasteiger partial charge in [0.25, 0.3) is 5.91 Å². The van der Waals surface area contributed by atoms with Crippen LogP contribution in [-0.2, 0) is 16.1 Å². The summed E-state index contributed by atoms with van der Waals surface area (Å²) in [5.74, 6) is -0.153. The molecular weight excluding hydrogens is 230 g/mol. The van der Waals surface area contributed by atoms with Gasteiger partial charge in [0.15, 0.2) is 0 Å². The van der Waals surface area contributed by atoms with Gasteiger partial charge in [-0.2, -0.15) is 0 Å². The third-order valence-corrected chi connectivity index (χ3v) is 2.96. The Bertz CT molecular complexity index is 408. The summed E-state index contributed by atoms with van der Waals surface area (Å²) in [5, 5.41) is 7.49. The molecule has 0 bridgehead atoms. The number of aromatic nitrogens is 1. The van der Waals surface area contributed by atoms with Gasteiger partial charge in [0, 0.05) is 24.2 Å². The molecule has 0 aromatic carbocycles. The minimum Gasteiger partial charge on any atom is -0.366 e. The fourth-order valence-corrected chi connectivity index (χ4v) is 2.01. The zero-order chi connectivity index (χ0) is 11.4. The zero-order valence-corrected chi connectivity index (χ0v) is 9.43. The molecule has 1 unspecified atom stereocenters. The van der Waals surface area contributed by atoms with E-state index in [2.05, 4.69) is 15.6 Å². The second-order valence-corrected chi connectivity index (χ2v) is 4.30. The summed E-state index contributed by atoms with van der Waals surface area (Å²) < 4.78 is 5.29. The van der Waals surface area contributed by atoms with Crippen molar-refractivity contribution in [2.75, 3.05) is 19.7 Å². The molecule has 16 heavy (non-hydrogen) atoms. The Morgan fingerprint density at radius 2 is 2.56 bits per heavy atom. The number of rotatable bonds is 3. The van der Waals surface area contributed by atoms with E-state index in [4.69, 9.17) is 4.74 Å². The first kappa shape index (κ1) is 11.3. The van der Waals surface area contributed by atoms with E-state index in [1.807, 2.05) is 0 Å². The molecule has 88 valence electrons. The largest absolute Gasteiger partial charge is 0.366 e. The van der Waals surface area contributed by atoms with E-state index >= 15 is 0 Å². The molecule has 2 heterocycles. The van der Waals surface area contributed by atoms with Crippen LogP contribution >= 0.6 is 11.3 Å². The second kappa shape index (κ2) is 5.24. The van der Waals surface area contributed by atoms with E-state index in [0.29, 0.717) is 25.4 Å². The highest BCUT2D eigenvalue weighted by molar-refractivity contribution is 7.07. The van der Waals surface area contributed by atoms with E-state index in [1.165, 1.54) is 0 Å². The van der Waals surface area contributed by atoms with Crippen molar-refractivity contribution < 1.29 is 9.53 Å². The Morgan fingerprint density at radius 1 is 1.69 bits per heavy atom. The molecule has 1 aliphatic heterocycles. The number of ether oxygens (including phenoxy) is 1. The van der Waals surface area contributed by atoms with Gasteiger partial charge in [-0.1, -0.05) is 11.3 Å². The lowest BCUT2D eigenvalue weighted by Gasteiger charge is -2.22. The van der Waals surface area contributed by atoms with Crippen LogP contribution in [0.1, 0.15) is 5.69 Å². The summed E-state index contributed by atoms with van der Waals surface area (Å²) in [7, 11) is 0. The molecule has 2 rings (SSSR count). The van der Waals surface area contributed by atoms with Crippen LogP contribution in [0.3, 0.4) is 0 Å². The first-order valence-electron chi connectivity index (χ1n) is 5.02. The number of hydrogen-bond donors (Lipinski definition) is 3. The maximum absolute atomic E-state index is 11.6. The number of carbonyl (C=O) groups excluding carboxylic acids is 1. The van der Waals surface area contributed by atoms with E-state index in [9.17, 15) is 9.59 Å². The smallest absolute Gasteiger partial charge is 0.304 e. The van der Waals surface area contributed by atoms with Crippen molar-refractivity contribution in [1.82, 2.24) is 15.6 Å². The van der Waals surface area contributed by atoms with Gasteiger partial charge in [-0.15, -0.1) is 0 Å². The molecule has 6 nitrogen and oxygen atoms in total. The van der Waals surface area contributed by atoms with Crippen LogP contribution in [0.25, 0.3) is 0 Å². The Hall–Kier alpha value is -1.18. The number of aromatic amines is 1. The number of morpholine rings is 1. The SMILES string of the molecule is O=C(NCc1csc(=O)[nH]1)C1CNCCO1. The molecule has 1 aromatic rings. The minimum absolute atomic E-state index is 0.111. The summed E-state index contributed by atoms with van der Waals surface area (Å²) in [4.78, 5) is 25.0. The van der Waals surface area contributed by atoms with Gasteiger partial charge in [-0.3, -0.25) is 9.59 Å². The third-order valence-electron chi connectivity index (χ3n) is 2.24. The Balaban J connectivity index is 1.81. The lowest BCUT2D eigenvalue weighted by molar-refractivity contribution is -0.134. The topological polar surface area (TPSA) is 83.2 Å². The van der Waals surface area contributed by atoms with Crippen molar-refractivity contribution in [2.45, 2.75) is 12.6 Å². The average molecular weight is 243 g/mol. The summed E-state index contributed by atoms with van der Waals surface area (Å²) in [5.41, 5.74) is 0.715. The molecule has 0 aliphatic carbocycles. The predicted molar refractivity (Wildman–Crippen MR) is 59.4 cm³/mol. The molecule has 0 radical (unpaired) electrons. The fraction of sp³-hybridized carbons (Fsp3) is 0.556. The maximum atomic E-state index is 11.6. The zero-order valence-electron chi connectivity index (χ0n) is 8.62. The summed E-state index contributed by atoms with van der Waals surface area (Å²) in [6.07, 6.45) is -0.431. The molecule has 0 saturated carbocycles. The molecule has 1 aliphatic rings. The molecule has 1 atom stereocenters. The van der Waals surface area contributed by atoms with Crippen molar-refractivity contribution in [3.8, 4) is 0 Å². The van der Waals surface area contributed by atoms with E-state index in [1.54, 1.807) is 5.38 Å². The molecule has 7 heteroatoms. The third kappa shape index (κ3) is 2.91. The first-order valence-corrected chi connectivity index (χ1v) is 5.90. The monoisotopic (exact) mass is 243 g/mol. The van der Waals surface area contributed by atoms with Crippen LogP contribution < -0.4 is 15.5 Å². The number of carbonyl (C=O) groups is 1. The summed E-state index contributed by atoms with van der Waals surface area (Å²) >= 11 is 1.09. The Labute approximate surface area is 96.0 Å². The minimum atomic E-state index is -0.431. The number of thiazole rings is 1. The lowest BCUT2D eigenvalue weighted by Crippen LogP contribution is -2.47. The molecule has 0 spiro atoms. The number of H-pyrrole nitrogens is 1. The van der Waals surface area contributed by atoms with Crippen molar-refractivity contribution in [2.24, 2.45) is 0 Å². The molecular formula is C9H13N3O3S. The Kier molecular flexibility index (Phi) is 3.70. The van der Waals surface area contributed by atoms with Crippen LogP contribution in [0.5, 0.6) is 0 Å². The van der Waals surface area contributed by atoms with Gasteiger partial charge in [0.2, 0.25) is 0 Å². The molecule has 3 N–H and O–H groups in total. The molecule has 1 amide bonds. The highest BCUT2D eigenvalue weighted by Gasteiger charge is 2.21. The van der Waals surface area contributed by atoms with Gasteiger partial charge in [-0.25, -0.2) is 0 Å². The highest BCUT2D eigenvalue weighted by atomic mass is 32.1. The van der Waals surface area contributed by atoms with Gasteiger partial charge in [0.1, 0.15) is 6.10 Å². The van der Waals surface area contributed by atoms with Crippen LogP contribution in [0.15, 0.2) is 10.2 Å². The standard InChI is InChI=1S/C9H13N3O3S/c13-8(7-4-10-1-2-15-7)11-3-6-5-16-9(14)12-6/h5,7,10H,1-4H2,(H,11,13)(H,12,14). The van der Waals surface area contributed by atoms with Gasteiger partial charge >= 0.3 is 4.87 Å². The summed E-state index contributed by atoms with van der Waals surface area (Å²) in [6.45, 7) is 2.19. The Morgan fingerprint density at radius 3 is 3.19 bits per heavy atom. The van der Waals surface area contributed by atoms with Crippen molar-refractivity contribution in [3.05, 3.63) is 20.7 Å². The highest BCUT2D eigenvalue weighted by Crippen LogP contribution is 1.98. The van der Waals surface area contributed by atoms with Crippen molar-refractivity contribution >= 4 is 17.2 Å². The van der Waals surface area contributed by atoms with E-state index in [-0.39, 0.29) is 10.8 Å². The van der Waals surface area contributed by atoms with E-state index in [0.717, 1.165) is 17.9 Å². The van der Waals surface area contributed by atoms with Crippen molar-refractivity contribution in [1.29, 1.82) is 0 Å². The maximum Gasteiger partial charge on any atom is 0.304 e. The molecule has 1 fully saturated rings. The summed E-state index contributed by atoms with van der Waals surface area (Å²) in [6, 6.07) is 0. The van der Waals surface area contributed by atoms with Gasteiger partial charge in [0.05, 0.1) is 13.2 Å². The fourth-order valence-electron chi connectivity index (χ4n) is 1.43. The normalized spacial score (nSPS) is 20.6. The van der Waals surface area contributed by atoms with Crippen LogP contribution in [0.4, 0.5) is 0 Å². The molecule has 1 aromatic heterocycles. The van der Waals surface area contributed by atoms with Gasteiger partial charge in [-0.05, 0) is 0 Å². The van der Waals surface area contributed by atoms with E-state index < -0.39 is 6.10 Å². The molecule has 1 saturated heterocycles. The van der Waals surface area contributed by atoms with Gasteiger partial charge < -0.3 is 20.4 Å². The van der Waals surface area contributed by atoms with Crippen molar-refractivity contribution in [3.63, 3.8) is 0 Å². The number of amides is 1. The number of hydrogen-bond acceptors (Lipinski definition) is 5. The quantitative estimate of drug-likeness (QED) is 0.638. The number of nitrogens with one attached hydrogen (secondary N) is 3. The first-order chi connectivity index (χ1) is 7.75. The van der Waals surface area contributed by atoms with Crippen LogP contribution in [0, 0.1) is 0 Å². The second-order valence-electron chi connectivity index (χ2n) is 3.45. The van der Waals surface area contributed by atoms with Crippen LogP contribution in [0.2, 0.25) is 0 Å². The predicted octanol–water partition coefficient (Wildman–Crippen LogP) is -0.959. The average Bonchev–Trinajstić information content (AvgIpc) is 2.73. The lowest BCUT2D eigenvalue weighted by atomic mass is 10.3. The van der Waals surface area contributed by atoms with Crippen LogP contribution in [-0.4, -0.2) is 36.7 Å².